The van der Waals surface area contributed by atoms with Gasteiger partial charge in [-0.1, -0.05) is 128 Å². The van der Waals surface area contributed by atoms with Crippen LogP contribution in [0.2, 0.25) is 25.7 Å². The summed E-state index contributed by atoms with van der Waals surface area (Å²) in [7, 11) is 0.0707. The van der Waals surface area contributed by atoms with E-state index in [-0.39, 0.29) is 5.69 Å². The van der Waals surface area contributed by atoms with Crippen molar-refractivity contribution in [1.29, 1.82) is 0 Å². The lowest BCUT2D eigenvalue weighted by molar-refractivity contribution is 0.0595. The number of hydrogen-bond donors (Lipinski definition) is 1. The Morgan fingerprint density at radius 2 is 1.57 bits per heavy atom. The van der Waals surface area contributed by atoms with Crippen LogP contribution in [-0.2, 0) is 16.2 Å². The Labute approximate surface area is 273 Å². The van der Waals surface area contributed by atoms with Gasteiger partial charge in [-0.3, -0.25) is 0 Å². The molecule has 1 unspecified atom stereocenters. The zero-order valence-corrected chi connectivity index (χ0v) is 28.3. The van der Waals surface area contributed by atoms with Gasteiger partial charge in [-0.2, -0.15) is 0 Å². The van der Waals surface area contributed by atoms with Crippen LogP contribution in [0.15, 0.2) is 108 Å². The van der Waals surface area contributed by atoms with E-state index in [4.69, 9.17) is 14.5 Å². The predicted molar refractivity (Wildman–Crippen MR) is 189 cm³/mol. The van der Waals surface area contributed by atoms with E-state index in [1.807, 2.05) is 85.1 Å². The predicted octanol–water partition coefficient (Wildman–Crippen LogP) is 8.60. The molecule has 7 nitrogen and oxygen atoms in total. The maximum atomic E-state index is 13.0. The van der Waals surface area contributed by atoms with Gasteiger partial charge < -0.3 is 19.1 Å². The molecule has 2 heterocycles. The van der Waals surface area contributed by atoms with Gasteiger partial charge in [0.25, 0.3) is 0 Å². The van der Waals surface area contributed by atoms with Gasteiger partial charge in [0, 0.05) is 48.3 Å². The molecule has 0 fully saturated rings. The summed E-state index contributed by atoms with van der Waals surface area (Å²) < 4.78 is 13.3. The summed E-state index contributed by atoms with van der Waals surface area (Å²) in [6.07, 6.45) is 0.832. The number of hydrogen-bond acceptors (Lipinski definition) is 7. The molecule has 9 heteroatoms. The molecular formula is C37H37N3O4SSi. The lowest BCUT2D eigenvalue weighted by Gasteiger charge is -2.16. The van der Waals surface area contributed by atoms with Crippen molar-refractivity contribution in [2.24, 2.45) is 4.99 Å². The minimum absolute atomic E-state index is 0.0646. The van der Waals surface area contributed by atoms with Crippen LogP contribution >= 0.6 is 11.3 Å². The molecule has 46 heavy (non-hydrogen) atoms. The van der Waals surface area contributed by atoms with E-state index in [1.165, 1.54) is 18.4 Å². The molecule has 0 aliphatic heterocycles. The highest BCUT2D eigenvalue weighted by Crippen LogP contribution is 2.39. The second-order valence-electron chi connectivity index (χ2n) is 12.4. The van der Waals surface area contributed by atoms with Gasteiger partial charge in [0.2, 0.25) is 0 Å². The fraction of sp³-hybridized carbons (Fsp3) is 0.216. The molecule has 0 saturated heterocycles. The topological polar surface area (TPSA) is 85.9 Å². The highest BCUT2D eigenvalue weighted by atomic mass is 32.1. The van der Waals surface area contributed by atoms with Crippen LogP contribution in [-0.4, -0.2) is 48.1 Å². The molecule has 0 amide bonds. The van der Waals surface area contributed by atoms with Crippen molar-refractivity contribution in [3.8, 4) is 0 Å². The molecule has 2 aromatic heterocycles. The third-order valence-electron chi connectivity index (χ3n) is 7.86. The number of benzene rings is 4. The average Bonchev–Trinajstić information content (AvgIpc) is 3.67. The summed E-state index contributed by atoms with van der Waals surface area (Å²) in [6, 6.07) is 33.0. The summed E-state index contributed by atoms with van der Waals surface area (Å²) in [4.78, 5) is 22.6. The molecule has 0 spiro atoms. The van der Waals surface area contributed by atoms with Crippen LogP contribution in [0.1, 0.15) is 38.3 Å². The van der Waals surface area contributed by atoms with Crippen LogP contribution in [0.5, 0.6) is 0 Å². The number of nitrogens with zero attached hydrogens (tertiary/aromatic N) is 3. The number of aliphatic imine (C=N–C) groups is 1. The van der Waals surface area contributed by atoms with Crippen molar-refractivity contribution in [2.75, 3.05) is 13.7 Å². The van der Waals surface area contributed by atoms with Gasteiger partial charge in [0.15, 0.2) is 10.7 Å². The SMILES string of the molecule is COC(=O)c1nc(C(O)c2cn(COCC[Si](C)(C)C)c3c2ccc2ccccc23)sc1N=C(c1ccccc1)c1ccccc1. The smallest absolute Gasteiger partial charge is 0.359 e. The Hall–Kier alpha value is -4.41. The first-order valence-electron chi connectivity index (χ1n) is 15.3. The molecule has 0 aliphatic rings. The lowest BCUT2D eigenvalue weighted by atomic mass is 10.0. The van der Waals surface area contributed by atoms with Crippen molar-refractivity contribution in [3.05, 3.63) is 131 Å². The largest absolute Gasteiger partial charge is 0.464 e. The Bertz CT molecular complexity index is 1970. The van der Waals surface area contributed by atoms with Gasteiger partial charge >= 0.3 is 5.97 Å². The van der Waals surface area contributed by atoms with Gasteiger partial charge in [-0.25, -0.2) is 14.8 Å². The van der Waals surface area contributed by atoms with Crippen molar-refractivity contribution in [1.82, 2.24) is 9.55 Å². The third-order valence-corrected chi connectivity index (χ3v) is 10.6. The van der Waals surface area contributed by atoms with Gasteiger partial charge in [0.05, 0.1) is 18.3 Å². The monoisotopic (exact) mass is 647 g/mol. The Kier molecular flexibility index (Phi) is 9.28. The quantitative estimate of drug-likeness (QED) is 0.0659. The molecule has 0 saturated carbocycles. The standard InChI is InChI=1S/C37H37N3O4SSi/c1-43-37(42)32-35(38-31(26-14-7-5-8-15-26)27-16-9-6-10-17-27)45-36(39-32)34(41)30-23-40(24-44-21-22-46(2,3)4)33-28-18-12-11-13-25(28)19-20-29(30)33/h5-20,23,34,41H,21-22,24H2,1-4H3. The Morgan fingerprint density at radius 3 is 2.22 bits per heavy atom. The Morgan fingerprint density at radius 1 is 0.913 bits per heavy atom. The minimum Gasteiger partial charge on any atom is -0.464 e. The van der Waals surface area contributed by atoms with Gasteiger partial charge in [0.1, 0.15) is 17.8 Å². The zero-order valence-electron chi connectivity index (χ0n) is 26.4. The van der Waals surface area contributed by atoms with Crippen LogP contribution in [0.3, 0.4) is 0 Å². The molecule has 4 aromatic carbocycles. The Balaban J connectivity index is 1.45. The second-order valence-corrected chi connectivity index (χ2v) is 19.0. The van der Waals surface area contributed by atoms with E-state index >= 15 is 0 Å². The molecule has 0 bridgehead atoms. The average molecular weight is 648 g/mol. The lowest BCUT2D eigenvalue weighted by Crippen LogP contribution is -2.22. The summed E-state index contributed by atoms with van der Waals surface area (Å²) >= 11 is 1.18. The maximum absolute atomic E-state index is 13.0. The molecule has 6 aromatic rings. The minimum atomic E-state index is -1.25. The van der Waals surface area contributed by atoms with Crippen LogP contribution in [0.4, 0.5) is 5.00 Å². The third kappa shape index (κ3) is 6.73. The van der Waals surface area contributed by atoms with E-state index in [0.717, 1.165) is 38.8 Å². The van der Waals surface area contributed by atoms with E-state index in [0.29, 0.717) is 34.6 Å². The number of aliphatic hydroxyl groups is 1. The maximum Gasteiger partial charge on any atom is 0.359 e. The number of esters is 1. The number of carbonyl (C=O) groups excluding carboxylic acids is 1. The number of rotatable bonds is 11. The van der Waals surface area contributed by atoms with Crippen molar-refractivity contribution in [3.63, 3.8) is 0 Å². The normalized spacial score (nSPS) is 12.4. The molecule has 0 aliphatic carbocycles. The highest BCUT2D eigenvalue weighted by Gasteiger charge is 2.27. The second kappa shape index (κ2) is 13.5. The molecular weight excluding hydrogens is 611 g/mol. The molecule has 234 valence electrons. The molecule has 0 radical (unpaired) electrons. The first kappa shape index (κ1) is 31.6. The van der Waals surface area contributed by atoms with E-state index in [1.54, 1.807) is 0 Å². The van der Waals surface area contributed by atoms with E-state index < -0.39 is 20.1 Å². The van der Waals surface area contributed by atoms with Gasteiger partial charge in [-0.05, 0) is 11.4 Å². The summed E-state index contributed by atoms with van der Waals surface area (Å²) in [5, 5.41) is 15.7. The van der Waals surface area contributed by atoms with E-state index in [2.05, 4.69) is 47.4 Å². The van der Waals surface area contributed by atoms with Crippen LogP contribution in [0, 0.1) is 0 Å². The number of aliphatic hydroxyl groups excluding tert-OH is 1. The number of ether oxygens (including phenoxy) is 2. The zero-order chi connectivity index (χ0) is 32.3. The van der Waals surface area contributed by atoms with Crippen LogP contribution in [0.25, 0.3) is 21.7 Å². The van der Waals surface area contributed by atoms with Crippen molar-refractivity contribution < 1.29 is 19.4 Å². The number of carbonyl (C=O) groups is 1. The first-order valence-corrected chi connectivity index (χ1v) is 19.8. The van der Waals surface area contributed by atoms with E-state index in [9.17, 15) is 9.90 Å². The molecule has 6 rings (SSSR count). The fourth-order valence-electron chi connectivity index (χ4n) is 5.43. The van der Waals surface area contributed by atoms with Crippen molar-refractivity contribution in [2.45, 2.75) is 38.5 Å². The molecule has 1 N–H and O–H groups in total. The fourth-order valence-corrected chi connectivity index (χ4v) is 7.13. The number of thiazole rings is 1. The highest BCUT2D eigenvalue weighted by molar-refractivity contribution is 7.16. The van der Waals surface area contributed by atoms with Crippen molar-refractivity contribution >= 4 is 57.8 Å². The first-order chi connectivity index (χ1) is 22.2. The number of aromatic nitrogens is 2. The van der Waals surface area contributed by atoms with Gasteiger partial charge in [-0.15, -0.1) is 0 Å². The van der Waals surface area contributed by atoms with Crippen LogP contribution < -0.4 is 0 Å². The number of methoxy groups -OCH3 is 1. The summed E-state index contributed by atoms with van der Waals surface area (Å²) in [5.74, 6) is -0.613. The summed E-state index contributed by atoms with van der Waals surface area (Å²) in [6.45, 7) is 8.04. The summed E-state index contributed by atoms with van der Waals surface area (Å²) in [5.41, 5.74) is 4.21. The molecule has 1 atom stereocenters. The number of fused-ring (bicyclic) bond motifs is 3.